The molecule has 0 radical (unpaired) electrons. The fraction of sp³-hybridized carbons (Fsp3) is 0.263. The van der Waals surface area contributed by atoms with E-state index in [1.54, 1.807) is 6.07 Å². The molecule has 0 saturated carbocycles. The highest BCUT2D eigenvalue weighted by molar-refractivity contribution is 5.89. The Hall–Kier alpha value is -2.33. The van der Waals surface area contributed by atoms with E-state index in [-0.39, 0.29) is 11.4 Å². The van der Waals surface area contributed by atoms with Crippen molar-refractivity contribution in [3.8, 4) is 16.9 Å². The van der Waals surface area contributed by atoms with E-state index in [1.165, 1.54) is 12.1 Å². The maximum atomic E-state index is 13.7. The number of ether oxygens (including phenoxy) is 1. The third-order valence-electron chi connectivity index (χ3n) is 4.39. The molecular weight excluding hydrogens is 293 g/mol. The van der Waals surface area contributed by atoms with Gasteiger partial charge in [-0.2, -0.15) is 0 Å². The number of anilines is 1. The van der Waals surface area contributed by atoms with Gasteiger partial charge in [-0.15, -0.1) is 0 Å². The summed E-state index contributed by atoms with van der Waals surface area (Å²) in [7, 11) is 0. The van der Waals surface area contributed by atoms with Gasteiger partial charge in [0.15, 0.2) is 0 Å². The minimum atomic E-state index is -1.07. The highest BCUT2D eigenvalue weighted by Crippen LogP contribution is 2.48. The van der Waals surface area contributed by atoms with E-state index in [2.05, 4.69) is 25.2 Å². The van der Waals surface area contributed by atoms with Gasteiger partial charge in [-0.05, 0) is 56.2 Å². The van der Waals surface area contributed by atoms with E-state index < -0.39 is 6.29 Å². The Balaban J connectivity index is 2.01. The SMILES string of the molecule is CC1=CC(C)(C)Nc2ccc3c(c21)[C@H](O)Oc1ccc(F)cc1-3. The summed E-state index contributed by atoms with van der Waals surface area (Å²) in [5.41, 5.74) is 4.98. The van der Waals surface area contributed by atoms with Crippen LogP contribution in [0.3, 0.4) is 0 Å². The molecular formula is C19H18FNO2. The van der Waals surface area contributed by atoms with Gasteiger partial charge in [0.25, 0.3) is 0 Å². The fourth-order valence-electron chi connectivity index (χ4n) is 3.63. The monoisotopic (exact) mass is 311 g/mol. The smallest absolute Gasteiger partial charge is 0.225 e. The van der Waals surface area contributed by atoms with Crippen LogP contribution in [0.1, 0.15) is 38.2 Å². The Labute approximate surface area is 134 Å². The average Bonchev–Trinajstić information content (AvgIpc) is 2.46. The number of nitrogens with one attached hydrogen (secondary N) is 1. The van der Waals surface area contributed by atoms with Crippen molar-refractivity contribution in [3.05, 3.63) is 53.4 Å². The maximum Gasteiger partial charge on any atom is 0.225 e. The molecule has 2 aromatic rings. The molecule has 0 fully saturated rings. The summed E-state index contributed by atoms with van der Waals surface area (Å²) in [5.74, 6) is 0.177. The van der Waals surface area contributed by atoms with Crippen molar-refractivity contribution in [2.45, 2.75) is 32.6 Å². The molecule has 2 aliphatic rings. The summed E-state index contributed by atoms with van der Waals surface area (Å²) in [6.07, 6.45) is 1.06. The number of fused-ring (bicyclic) bond motifs is 5. The molecule has 23 heavy (non-hydrogen) atoms. The number of hydrogen-bond acceptors (Lipinski definition) is 3. The third-order valence-corrected chi connectivity index (χ3v) is 4.39. The van der Waals surface area contributed by atoms with Crippen molar-refractivity contribution >= 4 is 11.3 Å². The molecule has 4 rings (SSSR count). The lowest BCUT2D eigenvalue weighted by molar-refractivity contribution is -0.0215. The Morgan fingerprint density at radius 1 is 1.17 bits per heavy atom. The molecule has 4 heteroatoms. The van der Waals surface area contributed by atoms with Gasteiger partial charge in [-0.3, -0.25) is 0 Å². The van der Waals surface area contributed by atoms with Crippen LogP contribution in [0, 0.1) is 5.82 Å². The van der Waals surface area contributed by atoms with E-state index in [1.807, 2.05) is 19.1 Å². The zero-order valence-corrected chi connectivity index (χ0v) is 13.3. The molecule has 0 amide bonds. The molecule has 0 spiro atoms. The molecule has 0 aliphatic carbocycles. The number of hydrogen-bond donors (Lipinski definition) is 2. The molecule has 0 saturated heterocycles. The number of halogens is 1. The van der Waals surface area contributed by atoms with Crippen LogP contribution in [-0.2, 0) is 0 Å². The van der Waals surface area contributed by atoms with Gasteiger partial charge in [0.05, 0.1) is 5.54 Å². The normalized spacial score (nSPS) is 20.4. The third kappa shape index (κ3) is 2.13. The number of benzene rings is 2. The summed E-state index contributed by atoms with van der Waals surface area (Å²) in [4.78, 5) is 0. The first-order chi connectivity index (χ1) is 10.9. The first-order valence-electron chi connectivity index (χ1n) is 7.65. The lowest BCUT2D eigenvalue weighted by Crippen LogP contribution is -2.32. The summed E-state index contributed by atoms with van der Waals surface area (Å²) < 4.78 is 19.3. The zero-order valence-electron chi connectivity index (χ0n) is 13.3. The molecule has 2 heterocycles. The molecule has 118 valence electrons. The predicted molar refractivity (Wildman–Crippen MR) is 88.8 cm³/mol. The van der Waals surface area contributed by atoms with Crippen molar-refractivity contribution in [2.75, 3.05) is 5.32 Å². The van der Waals surface area contributed by atoms with Crippen molar-refractivity contribution < 1.29 is 14.2 Å². The van der Waals surface area contributed by atoms with Gasteiger partial charge in [-0.25, -0.2) is 4.39 Å². The second-order valence-corrected chi connectivity index (χ2v) is 6.73. The van der Waals surface area contributed by atoms with Gasteiger partial charge >= 0.3 is 0 Å². The summed E-state index contributed by atoms with van der Waals surface area (Å²) >= 11 is 0. The van der Waals surface area contributed by atoms with Crippen molar-refractivity contribution in [2.24, 2.45) is 0 Å². The van der Waals surface area contributed by atoms with Crippen LogP contribution in [0.15, 0.2) is 36.4 Å². The predicted octanol–water partition coefficient (Wildman–Crippen LogP) is 4.48. The Morgan fingerprint density at radius 2 is 1.96 bits per heavy atom. The molecule has 1 atom stereocenters. The second-order valence-electron chi connectivity index (χ2n) is 6.73. The minimum Gasteiger partial charge on any atom is -0.460 e. The van der Waals surface area contributed by atoms with Gasteiger partial charge in [0, 0.05) is 22.4 Å². The van der Waals surface area contributed by atoms with Crippen LogP contribution in [0.4, 0.5) is 10.1 Å². The number of aliphatic hydroxyl groups excluding tert-OH is 1. The first kappa shape index (κ1) is 14.3. The van der Waals surface area contributed by atoms with Crippen molar-refractivity contribution in [3.63, 3.8) is 0 Å². The number of allylic oxidation sites excluding steroid dienone is 1. The lowest BCUT2D eigenvalue weighted by atomic mass is 9.84. The van der Waals surface area contributed by atoms with Crippen molar-refractivity contribution in [1.29, 1.82) is 0 Å². The van der Waals surface area contributed by atoms with E-state index in [4.69, 9.17) is 4.74 Å². The summed E-state index contributed by atoms with van der Waals surface area (Å²) in [5, 5.41) is 14.0. The molecule has 0 aromatic heterocycles. The quantitative estimate of drug-likeness (QED) is 0.753. The second kappa shape index (κ2) is 4.59. The van der Waals surface area contributed by atoms with Gasteiger partial charge in [-0.1, -0.05) is 12.1 Å². The molecule has 2 aromatic carbocycles. The van der Waals surface area contributed by atoms with Crippen LogP contribution in [0.5, 0.6) is 5.75 Å². The number of rotatable bonds is 0. The van der Waals surface area contributed by atoms with Crippen LogP contribution < -0.4 is 10.1 Å². The molecule has 2 N–H and O–H groups in total. The van der Waals surface area contributed by atoms with Gasteiger partial charge < -0.3 is 15.2 Å². The summed E-state index contributed by atoms with van der Waals surface area (Å²) in [6.45, 7) is 6.21. The van der Waals surface area contributed by atoms with E-state index in [9.17, 15) is 9.50 Å². The average molecular weight is 311 g/mol. The topological polar surface area (TPSA) is 41.5 Å². The maximum absolute atomic E-state index is 13.7. The van der Waals surface area contributed by atoms with Gasteiger partial charge in [0.2, 0.25) is 6.29 Å². The Kier molecular flexibility index (Phi) is 2.85. The van der Waals surface area contributed by atoms with Crippen LogP contribution in [-0.4, -0.2) is 10.6 Å². The van der Waals surface area contributed by atoms with E-state index in [0.29, 0.717) is 16.9 Å². The Bertz CT molecular complexity index is 855. The van der Waals surface area contributed by atoms with Crippen LogP contribution in [0.2, 0.25) is 0 Å². The van der Waals surface area contributed by atoms with Crippen molar-refractivity contribution in [1.82, 2.24) is 0 Å². The van der Waals surface area contributed by atoms with E-state index in [0.717, 1.165) is 22.4 Å². The first-order valence-corrected chi connectivity index (χ1v) is 7.65. The minimum absolute atomic E-state index is 0.157. The Morgan fingerprint density at radius 3 is 2.74 bits per heavy atom. The molecule has 2 aliphatic heterocycles. The standard InChI is InChI=1S/C19H18FNO2/c1-10-9-19(2,3)21-14-6-5-12-13-8-11(20)4-7-15(13)23-18(22)17(12)16(10)14/h4-9,18,21-22H,1-3H3/t18-/m1/s1. The fourth-order valence-corrected chi connectivity index (χ4v) is 3.63. The summed E-state index contributed by atoms with van der Waals surface area (Å²) in [6, 6.07) is 8.25. The lowest BCUT2D eigenvalue weighted by Gasteiger charge is -2.35. The molecule has 0 unspecified atom stereocenters. The molecule has 0 bridgehead atoms. The highest BCUT2D eigenvalue weighted by atomic mass is 19.1. The highest BCUT2D eigenvalue weighted by Gasteiger charge is 2.32. The number of aliphatic hydroxyl groups is 1. The van der Waals surface area contributed by atoms with Crippen LogP contribution in [0.25, 0.3) is 16.7 Å². The molecule has 3 nitrogen and oxygen atoms in total. The van der Waals surface area contributed by atoms with Gasteiger partial charge in [0.1, 0.15) is 11.6 Å². The van der Waals surface area contributed by atoms with Crippen LogP contribution >= 0.6 is 0 Å². The van der Waals surface area contributed by atoms with E-state index >= 15 is 0 Å². The zero-order chi connectivity index (χ0) is 16.4. The largest absolute Gasteiger partial charge is 0.460 e.